The van der Waals surface area contributed by atoms with Crippen molar-refractivity contribution >= 4 is 12.2 Å². The molecule has 2 aliphatic carbocycles. The molecule has 124 valence electrons. The molecule has 3 aliphatic rings. The van der Waals surface area contributed by atoms with Crippen LogP contribution in [0.2, 0.25) is 0 Å². The zero-order valence-electron chi connectivity index (χ0n) is 13.6. The van der Waals surface area contributed by atoms with E-state index in [9.17, 15) is 9.59 Å². The van der Waals surface area contributed by atoms with Gasteiger partial charge < -0.3 is 20.1 Å². The van der Waals surface area contributed by atoms with Gasteiger partial charge >= 0.3 is 12.2 Å². The molecule has 1 saturated heterocycles. The lowest BCUT2D eigenvalue weighted by Crippen LogP contribution is -2.65. The summed E-state index contributed by atoms with van der Waals surface area (Å²) in [4.78, 5) is 23.3. The molecular weight excluding hydrogens is 284 g/mol. The Bertz CT molecular complexity index is 461. The molecule has 0 radical (unpaired) electrons. The highest BCUT2D eigenvalue weighted by Gasteiger charge is 2.55. The molecular formula is C16H26N2O4. The summed E-state index contributed by atoms with van der Waals surface area (Å²) in [6, 6.07) is 0. The first-order valence-electron chi connectivity index (χ1n) is 8.23. The highest BCUT2D eigenvalue weighted by atomic mass is 16.6. The van der Waals surface area contributed by atoms with Crippen molar-refractivity contribution in [1.29, 1.82) is 0 Å². The number of carbonyl (C=O) groups excluding carboxylic acids is 2. The van der Waals surface area contributed by atoms with E-state index in [1.807, 2.05) is 20.8 Å². The molecule has 0 aromatic heterocycles. The highest BCUT2D eigenvalue weighted by Crippen LogP contribution is 2.52. The lowest BCUT2D eigenvalue weighted by atomic mass is 9.55. The third kappa shape index (κ3) is 3.01. The smallest absolute Gasteiger partial charge is 0.408 e. The van der Waals surface area contributed by atoms with E-state index in [0.29, 0.717) is 18.4 Å². The molecule has 2 N–H and O–H groups in total. The van der Waals surface area contributed by atoms with Crippen LogP contribution in [0.15, 0.2) is 0 Å². The molecule has 0 spiro atoms. The van der Waals surface area contributed by atoms with Gasteiger partial charge in [-0.25, -0.2) is 9.59 Å². The minimum atomic E-state index is -0.487. The number of ether oxygens (including phenoxy) is 2. The number of carbonyl (C=O) groups is 2. The Morgan fingerprint density at radius 1 is 1.36 bits per heavy atom. The summed E-state index contributed by atoms with van der Waals surface area (Å²) in [6.07, 6.45) is 4.57. The molecule has 1 unspecified atom stereocenters. The van der Waals surface area contributed by atoms with E-state index in [2.05, 4.69) is 10.6 Å². The van der Waals surface area contributed by atoms with Gasteiger partial charge in [0.1, 0.15) is 11.7 Å². The fourth-order valence-electron chi connectivity index (χ4n) is 3.81. The van der Waals surface area contributed by atoms with E-state index in [0.717, 1.165) is 25.7 Å². The number of alkyl carbamates (subject to hydrolysis) is 2. The SMILES string of the molecule is CC(C)(C)OC(=O)NC1(C2CCC2)CC(C2CNC(=O)O2)C1. The minimum Gasteiger partial charge on any atom is -0.444 e. The Kier molecular flexibility index (Phi) is 3.73. The third-order valence-electron chi connectivity index (χ3n) is 5.12. The second-order valence-corrected chi connectivity index (χ2v) is 7.90. The van der Waals surface area contributed by atoms with Crippen molar-refractivity contribution in [2.45, 2.75) is 70.1 Å². The highest BCUT2D eigenvalue weighted by molar-refractivity contribution is 5.70. The van der Waals surface area contributed by atoms with Crippen molar-refractivity contribution in [3.63, 3.8) is 0 Å². The van der Waals surface area contributed by atoms with Gasteiger partial charge in [-0.1, -0.05) is 6.42 Å². The molecule has 1 aliphatic heterocycles. The molecule has 3 fully saturated rings. The largest absolute Gasteiger partial charge is 0.444 e. The summed E-state index contributed by atoms with van der Waals surface area (Å²) in [5, 5.41) is 5.83. The van der Waals surface area contributed by atoms with Crippen LogP contribution in [0.1, 0.15) is 52.9 Å². The Labute approximate surface area is 131 Å². The number of cyclic esters (lactones) is 1. The molecule has 1 atom stereocenters. The average molecular weight is 310 g/mol. The maximum Gasteiger partial charge on any atom is 0.408 e. The van der Waals surface area contributed by atoms with Gasteiger partial charge in [0.25, 0.3) is 0 Å². The Hall–Kier alpha value is -1.46. The van der Waals surface area contributed by atoms with Crippen molar-refractivity contribution in [2.75, 3.05) is 6.54 Å². The summed E-state index contributed by atoms with van der Waals surface area (Å²) in [6.45, 7) is 6.19. The van der Waals surface area contributed by atoms with Crippen LogP contribution in [0.4, 0.5) is 9.59 Å². The van der Waals surface area contributed by atoms with Gasteiger partial charge in [0.05, 0.1) is 6.54 Å². The van der Waals surface area contributed by atoms with Crippen molar-refractivity contribution in [1.82, 2.24) is 10.6 Å². The summed E-state index contributed by atoms with van der Waals surface area (Å²) < 4.78 is 10.7. The van der Waals surface area contributed by atoms with Crippen LogP contribution in [0, 0.1) is 11.8 Å². The van der Waals surface area contributed by atoms with Gasteiger partial charge in [-0.2, -0.15) is 0 Å². The number of rotatable bonds is 3. The standard InChI is InChI=1S/C16H26N2O4/c1-15(2,3)22-14(20)18-16(11-5-4-6-11)7-10(8-16)12-9-17-13(19)21-12/h10-12H,4-9H2,1-3H3,(H,17,19)(H,18,20). The van der Waals surface area contributed by atoms with Crippen LogP contribution < -0.4 is 10.6 Å². The van der Waals surface area contributed by atoms with Gasteiger partial charge in [-0.3, -0.25) is 0 Å². The third-order valence-corrected chi connectivity index (χ3v) is 5.12. The lowest BCUT2D eigenvalue weighted by Gasteiger charge is -2.56. The van der Waals surface area contributed by atoms with Crippen molar-refractivity contribution in [3.05, 3.63) is 0 Å². The van der Waals surface area contributed by atoms with E-state index in [-0.39, 0.29) is 23.8 Å². The van der Waals surface area contributed by atoms with E-state index in [1.165, 1.54) is 6.42 Å². The summed E-state index contributed by atoms with van der Waals surface area (Å²) in [5.41, 5.74) is -0.654. The van der Waals surface area contributed by atoms with E-state index < -0.39 is 5.60 Å². The Morgan fingerprint density at radius 3 is 2.50 bits per heavy atom. The van der Waals surface area contributed by atoms with Crippen LogP contribution >= 0.6 is 0 Å². The van der Waals surface area contributed by atoms with Crippen LogP contribution in [0.25, 0.3) is 0 Å². The van der Waals surface area contributed by atoms with E-state index in [4.69, 9.17) is 9.47 Å². The van der Waals surface area contributed by atoms with E-state index >= 15 is 0 Å². The lowest BCUT2D eigenvalue weighted by molar-refractivity contribution is -0.0471. The first-order valence-corrected chi connectivity index (χ1v) is 8.23. The average Bonchev–Trinajstić information content (AvgIpc) is 2.66. The molecule has 6 heteroatoms. The van der Waals surface area contributed by atoms with Gasteiger partial charge in [-0.15, -0.1) is 0 Å². The van der Waals surface area contributed by atoms with Crippen LogP contribution in [-0.4, -0.2) is 36.0 Å². The van der Waals surface area contributed by atoms with E-state index in [1.54, 1.807) is 0 Å². The normalized spacial score (nSPS) is 35.0. The second-order valence-electron chi connectivity index (χ2n) is 7.90. The molecule has 0 aromatic carbocycles. The molecule has 0 aromatic rings. The molecule has 6 nitrogen and oxygen atoms in total. The van der Waals surface area contributed by atoms with Crippen LogP contribution in [0.5, 0.6) is 0 Å². The molecule has 1 heterocycles. The number of hydrogen-bond donors (Lipinski definition) is 2. The fourth-order valence-corrected chi connectivity index (χ4v) is 3.81. The zero-order chi connectivity index (χ0) is 16.0. The Balaban J connectivity index is 1.59. The summed E-state index contributed by atoms with van der Waals surface area (Å²) >= 11 is 0. The quantitative estimate of drug-likeness (QED) is 0.840. The fraction of sp³-hybridized carbons (Fsp3) is 0.875. The maximum absolute atomic E-state index is 12.2. The molecule has 2 saturated carbocycles. The number of hydrogen-bond acceptors (Lipinski definition) is 4. The van der Waals surface area contributed by atoms with Crippen LogP contribution in [-0.2, 0) is 9.47 Å². The molecule has 2 amide bonds. The van der Waals surface area contributed by atoms with Gasteiger partial charge in [0, 0.05) is 11.5 Å². The predicted molar refractivity (Wildman–Crippen MR) is 80.4 cm³/mol. The monoisotopic (exact) mass is 310 g/mol. The second kappa shape index (κ2) is 5.32. The zero-order valence-corrected chi connectivity index (χ0v) is 13.6. The van der Waals surface area contributed by atoms with Crippen LogP contribution in [0.3, 0.4) is 0 Å². The minimum absolute atomic E-state index is 0.0545. The Morgan fingerprint density at radius 2 is 2.05 bits per heavy atom. The first kappa shape index (κ1) is 15.4. The maximum atomic E-state index is 12.2. The molecule has 0 bridgehead atoms. The molecule has 22 heavy (non-hydrogen) atoms. The number of amides is 2. The predicted octanol–water partition coefficient (Wildman–Crippen LogP) is 2.57. The first-order chi connectivity index (χ1) is 10.3. The molecule has 3 rings (SSSR count). The topological polar surface area (TPSA) is 76.7 Å². The number of nitrogens with one attached hydrogen (secondary N) is 2. The summed E-state index contributed by atoms with van der Waals surface area (Å²) in [5.74, 6) is 0.857. The van der Waals surface area contributed by atoms with Gasteiger partial charge in [0.2, 0.25) is 0 Å². The van der Waals surface area contributed by atoms with Gasteiger partial charge in [-0.05, 0) is 52.4 Å². The van der Waals surface area contributed by atoms with Crippen molar-refractivity contribution < 1.29 is 19.1 Å². The summed E-state index contributed by atoms with van der Waals surface area (Å²) in [7, 11) is 0. The van der Waals surface area contributed by atoms with Gasteiger partial charge in [0.15, 0.2) is 0 Å². The van der Waals surface area contributed by atoms with Crippen molar-refractivity contribution in [2.24, 2.45) is 11.8 Å². The van der Waals surface area contributed by atoms with Crippen molar-refractivity contribution in [3.8, 4) is 0 Å².